The number of nitrogens with one attached hydrogen (secondary N) is 1. The molecule has 140 valence electrons. The topological polar surface area (TPSA) is 99.0 Å². The summed E-state index contributed by atoms with van der Waals surface area (Å²) in [5, 5.41) is 14.4. The van der Waals surface area contributed by atoms with E-state index in [9.17, 15) is 9.59 Å². The predicted molar refractivity (Wildman–Crippen MR) is 101 cm³/mol. The van der Waals surface area contributed by atoms with E-state index in [1.165, 1.54) is 22.3 Å². The van der Waals surface area contributed by atoms with Crippen LogP contribution in [0.1, 0.15) is 33.3 Å². The third-order valence-corrected chi connectivity index (χ3v) is 5.16. The van der Waals surface area contributed by atoms with Crippen LogP contribution in [0.15, 0.2) is 30.6 Å². The number of anilines is 1. The Bertz CT molecular complexity index is 948. The van der Waals surface area contributed by atoms with Crippen LogP contribution in [0.25, 0.3) is 5.69 Å². The molecule has 2 heterocycles. The molecule has 27 heavy (non-hydrogen) atoms. The van der Waals surface area contributed by atoms with Gasteiger partial charge in [-0.1, -0.05) is 12.1 Å². The molecule has 2 aromatic heterocycles. The maximum Gasteiger partial charge on any atom is 0.341 e. The van der Waals surface area contributed by atoms with Gasteiger partial charge in [0, 0.05) is 4.88 Å². The zero-order valence-corrected chi connectivity index (χ0v) is 16.0. The fourth-order valence-electron chi connectivity index (χ4n) is 2.57. The summed E-state index contributed by atoms with van der Waals surface area (Å²) in [7, 11) is 0. The van der Waals surface area contributed by atoms with Gasteiger partial charge in [-0.3, -0.25) is 4.79 Å². The molecular formula is C18H19N5O3S. The fourth-order valence-corrected chi connectivity index (χ4v) is 3.63. The van der Waals surface area contributed by atoms with Gasteiger partial charge in [0.1, 0.15) is 11.3 Å². The van der Waals surface area contributed by atoms with Gasteiger partial charge in [0.15, 0.2) is 0 Å². The normalized spacial score (nSPS) is 10.6. The van der Waals surface area contributed by atoms with Gasteiger partial charge in [0.25, 0.3) is 0 Å². The number of amides is 1. The molecule has 1 amide bonds. The lowest BCUT2D eigenvalue weighted by Gasteiger charge is -2.08. The van der Waals surface area contributed by atoms with E-state index in [-0.39, 0.29) is 18.9 Å². The highest BCUT2D eigenvalue weighted by molar-refractivity contribution is 7.16. The van der Waals surface area contributed by atoms with Crippen LogP contribution < -0.4 is 5.32 Å². The lowest BCUT2D eigenvalue weighted by Crippen LogP contribution is -2.16. The predicted octanol–water partition coefficient (Wildman–Crippen LogP) is 2.70. The van der Waals surface area contributed by atoms with E-state index < -0.39 is 5.97 Å². The summed E-state index contributed by atoms with van der Waals surface area (Å²) in [5.41, 5.74) is 2.91. The summed E-state index contributed by atoms with van der Waals surface area (Å²) in [6.45, 7) is 5.81. The van der Waals surface area contributed by atoms with Crippen LogP contribution in [0, 0.1) is 13.8 Å². The van der Waals surface area contributed by atoms with Crippen LogP contribution >= 0.6 is 11.3 Å². The Kier molecular flexibility index (Phi) is 5.60. The molecule has 0 radical (unpaired) electrons. The van der Waals surface area contributed by atoms with Gasteiger partial charge in [-0.15, -0.1) is 16.4 Å². The first kappa shape index (κ1) is 18.7. The molecule has 0 aliphatic carbocycles. The number of benzene rings is 1. The Labute approximate surface area is 160 Å². The fraction of sp³-hybridized carbons (Fsp3) is 0.278. The number of thiophene rings is 1. The maximum atomic E-state index is 12.5. The number of hydrogen-bond donors (Lipinski definition) is 1. The Morgan fingerprint density at radius 1 is 1.22 bits per heavy atom. The van der Waals surface area contributed by atoms with E-state index in [2.05, 4.69) is 20.8 Å². The number of hydrogen-bond acceptors (Lipinski definition) is 7. The van der Waals surface area contributed by atoms with Crippen molar-refractivity contribution in [2.75, 3.05) is 11.9 Å². The highest BCUT2D eigenvalue weighted by Crippen LogP contribution is 2.33. The van der Waals surface area contributed by atoms with Crippen molar-refractivity contribution in [1.82, 2.24) is 20.2 Å². The summed E-state index contributed by atoms with van der Waals surface area (Å²) >= 11 is 1.38. The molecule has 0 spiro atoms. The summed E-state index contributed by atoms with van der Waals surface area (Å²) in [5.74, 6) is -0.614. The van der Waals surface area contributed by atoms with Crippen LogP contribution in [0.3, 0.4) is 0 Å². The van der Waals surface area contributed by atoms with E-state index in [1.807, 2.05) is 38.1 Å². The first-order valence-corrected chi connectivity index (χ1v) is 9.20. The molecule has 1 aromatic carbocycles. The average Bonchev–Trinajstić information content (AvgIpc) is 3.25. The standard InChI is InChI=1S/C18H19N5O3S/c1-4-26-18(25)16-11(2)12(3)27-17(16)20-15(24)9-13-5-7-14(8-6-13)23-10-19-21-22-23/h5-8,10H,4,9H2,1-3H3,(H,20,24). The van der Waals surface area contributed by atoms with Crippen LogP contribution in [-0.2, 0) is 16.0 Å². The van der Waals surface area contributed by atoms with Crippen molar-refractivity contribution in [3.05, 3.63) is 52.2 Å². The minimum Gasteiger partial charge on any atom is -0.462 e. The maximum absolute atomic E-state index is 12.5. The summed E-state index contributed by atoms with van der Waals surface area (Å²) in [4.78, 5) is 25.6. The molecule has 3 aromatic rings. The van der Waals surface area contributed by atoms with Crippen molar-refractivity contribution >= 4 is 28.2 Å². The quantitative estimate of drug-likeness (QED) is 0.655. The van der Waals surface area contributed by atoms with Crippen molar-refractivity contribution in [2.45, 2.75) is 27.2 Å². The van der Waals surface area contributed by atoms with Crippen molar-refractivity contribution < 1.29 is 14.3 Å². The summed E-state index contributed by atoms with van der Waals surface area (Å²) < 4.78 is 6.64. The zero-order chi connectivity index (χ0) is 19.4. The smallest absolute Gasteiger partial charge is 0.341 e. The number of aryl methyl sites for hydroxylation is 1. The summed E-state index contributed by atoms with van der Waals surface area (Å²) in [6, 6.07) is 7.35. The number of rotatable bonds is 6. The van der Waals surface area contributed by atoms with Gasteiger partial charge in [-0.05, 0) is 54.5 Å². The first-order chi connectivity index (χ1) is 13.0. The lowest BCUT2D eigenvalue weighted by molar-refractivity contribution is -0.115. The number of ether oxygens (including phenoxy) is 1. The van der Waals surface area contributed by atoms with Crippen LogP contribution in [-0.4, -0.2) is 38.7 Å². The van der Waals surface area contributed by atoms with E-state index in [4.69, 9.17) is 4.74 Å². The lowest BCUT2D eigenvalue weighted by atomic mass is 10.1. The molecule has 0 saturated heterocycles. The molecule has 0 saturated carbocycles. The second kappa shape index (κ2) is 8.09. The molecule has 0 unspecified atom stereocenters. The minimum atomic E-state index is -0.416. The van der Waals surface area contributed by atoms with Crippen molar-refractivity contribution in [2.24, 2.45) is 0 Å². The van der Waals surface area contributed by atoms with Crippen molar-refractivity contribution in [1.29, 1.82) is 0 Å². The van der Waals surface area contributed by atoms with Gasteiger partial charge in [-0.25, -0.2) is 9.48 Å². The second-order valence-corrected chi connectivity index (χ2v) is 7.08. The average molecular weight is 385 g/mol. The van der Waals surface area contributed by atoms with E-state index in [0.717, 1.165) is 21.7 Å². The van der Waals surface area contributed by atoms with Crippen molar-refractivity contribution in [3.63, 3.8) is 0 Å². The molecule has 1 N–H and O–H groups in total. The van der Waals surface area contributed by atoms with Crippen molar-refractivity contribution in [3.8, 4) is 5.69 Å². The zero-order valence-electron chi connectivity index (χ0n) is 15.2. The van der Waals surface area contributed by atoms with Gasteiger partial charge in [-0.2, -0.15) is 0 Å². The second-order valence-electron chi connectivity index (χ2n) is 5.85. The van der Waals surface area contributed by atoms with Gasteiger partial charge in [0.05, 0.1) is 24.3 Å². The largest absolute Gasteiger partial charge is 0.462 e. The van der Waals surface area contributed by atoms with Gasteiger partial charge < -0.3 is 10.1 Å². The third kappa shape index (κ3) is 4.20. The minimum absolute atomic E-state index is 0.189. The molecule has 0 atom stereocenters. The highest BCUT2D eigenvalue weighted by Gasteiger charge is 2.22. The van der Waals surface area contributed by atoms with Crippen LogP contribution in [0.5, 0.6) is 0 Å². The monoisotopic (exact) mass is 385 g/mol. The number of carbonyl (C=O) groups excluding carboxylic acids is 2. The molecule has 0 aliphatic heterocycles. The Balaban J connectivity index is 1.71. The van der Waals surface area contributed by atoms with E-state index >= 15 is 0 Å². The Hall–Kier alpha value is -3.07. The SMILES string of the molecule is CCOC(=O)c1c(NC(=O)Cc2ccc(-n3cnnn3)cc2)sc(C)c1C. The number of esters is 1. The third-order valence-electron chi connectivity index (χ3n) is 4.03. The molecule has 3 rings (SSSR count). The van der Waals surface area contributed by atoms with Gasteiger partial charge in [0.2, 0.25) is 5.91 Å². The number of carbonyl (C=O) groups is 2. The van der Waals surface area contributed by atoms with Crippen LogP contribution in [0.4, 0.5) is 5.00 Å². The molecule has 0 bridgehead atoms. The van der Waals surface area contributed by atoms with Crippen LogP contribution in [0.2, 0.25) is 0 Å². The first-order valence-electron chi connectivity index (χ1n) is 8.38. The highest BCUT2D eigenvalue weighted by atomic mass is 32.1. The summed E-state index contributed by atoms with van der Waals surface area (Å²) in [6.07, 6.45) is 1.69. The van der Waals surface area contributed by atoms with E-state index in [0.29, 0.717) is 10.6 Å². The van der Waals surface area contributed by atoms with Gasteiger partial charge >= 0.3 is 5.97 Å². The molecule has 9 heteroatoms. The number of nitrogens with zero attached hydrogens (tertiary/aromatic N) is 4. The number of aromatic nitrogens is 4. The molecule has 0 aliphatic rings. The van der Waals surface area contributed by atoms with E-state index in [1.54, 1.807) is 6.92 Å². The molecule has 8 nitrogen and oxygen atoms in total. The molecule has 0 fully saturated rings. The Morgan fingerprint density at radius 3 is 2.59 bits per heavy atom. The Morgan fingerprint density at radius 2 is 1.96 bits per heavy atom. The number of tetrazole rings is 1. The molecular weight excluding hydrogens is 366 g/mol.